The Morgan fingerprint density at radius 2 is 1.63 bits per heavy atom. The maximum atomic E-state index is 5.50. The highest BCUT2D eigenvalue weighted by molar-refractivity contribution is 4.72. The highest BCUT2D eigenvalue weighted by Gasteiger charge is 2.06. The van der Waals surface area contributed by atoms with Crippen molar-refractivity contribution >= 4 is 0 Å². The molecule has 0 amide bonds. The molecule has 0 fully saturated rings. The predicted octanol–water partition coefficient (Wildman–Crippen LogP) is 3.86. The molecule has 0 spiro atoms. The van der Waals surface area contributed by atoms with E-state index in [-0.39, 0.29) is 6.29 Å². The third kappa shape index (κ3) is 13.6. The van der Waals surface area contributed by atoms with Crippen molar-refractivity contribution in [2.75, 3.05) is 27.1 Å². The molecule has 0 N–H and O–H groups in total. The lowest BCUT2D eigenvalue weighted by Crippen LogP contribution is -2.17. The second-order valence-electron chi connectivity index (χ2n) is 4.28. The number of hydrogen-bond donors (Lipinski definition) is 0. The van der Waals surface area contributed by atoms with Crippen LogP contribution in [0.2, 0.25) is 0 Å². The number of unbranched alkanes of at least 4 members (excludes halogenated alkanes) is 4. The molecule has 0 saturated heterocycles. The molecule has 0 aromatic carbocycles. The van der Waals surface area contributed by atoms with Crippen molar-refractivity contribution in [1.82, 2.24) is 0 Å². The molecule has 114 valence electrons. The van der Waals surface area contributed by atoms with Gasteiger partial charge >= 0.3 is 0 Å². The van der Waals surface area contributed by atoms with E-state index >= 15 is 0 Å². The summed E-state index contributed by atoms with van der Waals surface area (Å²) < 4.78 is 20.8. The van der Waals surface area contributed by atoms with Gasteiger partial charge in [0.15, 0.2) is 13.1 Å². The lowest BCUT2D eigenvalue weighted by Gasteiger charge is -2.16. The van der Waals surface area contributed by atoms with Crippen molar-refractivity contribution < 1.29 is 18.9 Å². The van der Waals surface area contributed by atoms with Crippen LogP contribution < -0.4 is 0 Å². The average Bonchev–Trinajstić information content (AvgIpc) is 2.41. The van der Waals surface area contributed by atoms with Gasteiger partial charge in [0.1, 0.15) is 0 Å². The minimum atomic E-state index is -0.0164. The van der Waals surface area contributed by atoms with Crippen molar-refractivity contribution in [1.29, 1.82) is 0 Å². The largest absolute Gasteiger partial charge is 0.476 e. The van der Waals surface area contributed by atoms with Crippen molar-refractivity contribution in [3.05, 3.63) is 12.3 Å². The Kier molecular flexibility index (Phi) is 15.0. The Morgan fingerprint density at radius 1 is 0.947 bits per heavy atom. The summed E-state index contributed by atoms with van der Waals surface area (Å²) in [5.41, 5.74) is 0. The molecule has 0 bridgehead atoms. The van der Waals surface area contributed by atoms with Crippen LogP contribution in [0.25, 0.3) is 0 Å². The summed E-state index contributed by atoms with van der Waals surface area (Å²) >= 11 is 0. The van der Waals surface area contributed by atoms with Crippen LogP contribution in [0.4, 0.5) is 0 Å². The van der Waals surface area contributed by atoms with Gasteiger partial charge in [-0.15, -0.1) is 0 Å². The maximum Gasteiger partial charge on any atom is 0.187 e. The molecule has 0 unspecified atom stereocenters. The third-order valence-corrected chi connectivity index (χ3v) is 2.64. The first-order valence-corrected chi connectivity index (χ1v) is 7.33. The molecule has 19 heavy (non-hydrogen) atoms. The average molecular weight is 274 g/mol. The summed E-state index contributed by atoms with van der Waals surface area (Å²) in [5, 5.41) is 0. The lowest BCUT2D eigenvalue weighted by molar-refractivity contribution is -0.140. The summed E-state index contributed by atoms with van der Waals surface area (Å²) in [5.74, 6) is 0. The molecular formula is C15H30O4. The van der Waals surface area contributed by atoms with Crippen LogP contribution in [-0.4, -0.2) is 33.4 Å². The molecule has 0 aromatic rings. The Hall–Kier alpha value is -0.580. The molecule has 0 rings (SSSR count). The van der Waals surface area contributed by atoms with Crippen LogP contribution in [0.15, 0.2) is 12.3 Å². The summed E-state index contributed by atoms with van der Waals surface area (Å²) in [4.78, 5) is 0. The van der Waals surface area contributed by atoms with E-state index in [0.717, 1.165) is 32.5 Å². The number of hydrogen-bond acceptors (Lipinski definition) is 4. The van der Waals surface area contributed by atoms with Gasteiger partial charge in [0.05, 0.1) is 6.26 Å². The second-order valence-corrected chi connectivity index (χ2v) is 4.28. The molecule has 0 radical (unpaired) electrons. The summed E-state index contributed by atoms with van der Waals surface area (Å²) in [7, 11) is 1.62. The molecule has 4 heteroatoms. The smallest absolute Gasteiger partial charge is 0.187 e. The van der Waals surface area contributed by atoms with Crippen LogP contribution in [0.1, 0.15) is 52.4 Å². The summed E-state index contributed by atoms with van der Waals surface area (Å²) in [6, 6.07) is 0. The molecule has 0 saturated carbocycles. The van der Waals surface area contributed by atoms with E-state index in [4.69, 9.17) is 18.9 Å². The van der Waals surface area contributed by atoms with Gasteiger partial charge in [-0.3, -0.25) is 0 Å². The Labute approximate surface area is 118 Å². The Morgan fingerprint density at radius 3 is 2.26 bits per heavy atom. The van der Waals surface area contributed by atoms with Gasteiger partial charge in [-0.05, 0) is 45.6 Å². The van der Waals surface area contributed by atoms with E-state index in [1.54, 1.807) is 13.4 Å². The highest BCUT2D eigenvalue weighted by atomic mass is 16.7. The highest BCUT2D eigenvalue weighted by Crippen LogP contribution is 2.10. The van der Waals surface area contributed by atoms with Gasteiger partial charge in [0.25, 0.3) is 0 Å². The third-order valence-electron chi connectivity index (χ3n) is 2.64. The first-order valence-electron chi connectivity index (χ1n) is 7.33. The monoisotopic (exact) mass is 274 g/mol. The van der Waals surface area contributed by atoms with Crippen LogP contribution in [0.5, 0.6) is 0 Å². The summed E-state index contributed by atoms with van der Waals surface area (Å²) in [6.07, 6.45) is 10.6. The minimum Gasteiger partial charge on any atom is -0.476 e. The molecule has 0 heterocycles. The Balaban J connectivity index is 3.31. The first kappa shape index (κ1) is 18.4. The van der Waals surface area contributed by atoms with Gasteiger partial charge in [0.2, 0.25) is 0 Å². The van der Waals surface area contributed by atoms with Crippen LogP contribution >= 0.6 is 0 Å². The van der Waals surface area contributed by atoms with Gasteiger partial charge < -0.3 is 18.9 Å². The van der Waals surface area contributed by atoms with E-state index in [1.807, 2.05) is 19.9 Å². The fourth-order valence-electron chi connectivity index (χ4n) is 1.76. The van der Waals surface area contributed by atoms with E-state index in [2.05, 4.69) is 0 Å². The molecule has 4 nitrogen and oxygen atoms in total. The fraction of sp³-hybridized carbons (Fsp3) is 0.867. The zero-order valence-corrected chi connectivity index (χ0v) is 12.7. The topological polar surface area (TPSA) is 36.9 Å². The molecule has 0 aromatic heterocycles. The van der Waals surface area contributed by atoms with Gasteiger partial charge in [-0.1, -0.05) is 12.8 Å². The molecular weight excluding hydrogens is 244 g/mol. The molecule has 0 aliphatic heterocycles. The standard InChI is InChI=1S/C15H30O4/c1-4-18-15(19-5-2)12-10-8-6-7-9-11-13-17-14-16-3/h11,13,15H,4-10,12,14H2,1-3H3. The normalized spacial score (nSPS) is 11.6. The van der Waals surface area contributed by atoms with Crippen LogP contribution in [0, 0.1) is 0 Å². The predicted molar refractivity (Wildman–Crippen MR) is 76.8 cm³/mol. The van der Waals surface area contributed by atoms with E-state index in [9.17, 15) is 0 Å². The summed E-state index contributed by atoms with van der Waals surface area (Å²) in [6.45, 7) is 5.77. The van der Waals surface area contributed by atoms with E-state index in [1.165, 1.54) is 19.3 Å². The molecule has 0 aliphatic carbocycles. The van der Waals surface area contributed by atoms with Crippen LogP contribution in [-0.2, 0) is 18.9 Å². The molecule has 0 aliphatic rings. The first-order chi connectivity index (χ1) is 9.35. The van der Waals surface area contributed by atoms with E-state index in [0.29, 0.717) is 6.79 Å². The number of methoxy groups -OCH3 is 1. The second kappa shape index (κ2) is 15.5. The SMILES string of the molecule is CCOC(CCCCCCC=COCOC)OCC. The zero-order valence-electron chi connectivity index (χ0n) is 12.7. The van der Waals surface area contributed by atoms with Crippen molar-refractivity contribution in [2.24, 2.45) is 0 Å². The van der Waals surface area contributed by atoms with Crippen molar-refractivity contribution in [2.45, 2.75) is 58.7 Å². The zero-order chi connectivity index (χ0) is 14.2. The number of rotatable bonds is 14. The van der Waals surface area contributed by atoms with Crippen molar-refractivity contribution in [3.63, 3.8) is 0 Å². The minimum absolute atomic E-state index is 0.0164. The van der Waals surface area contributed by atoms with Crippen LogP contribution in [0.3, 0.4) is 0 Å². The fourth-order valence-corrected chi connectivity index (χ4v) is 1.76. The number of allylic oxidation sites excluding steroid dienone is 1. The van der Waals surface area contributed by atoms with E-state index < -0.39 is 0 Å². The Bertz CT molecular complexity index is 189. The molecule has 0 atom stereocenters. The number of ether oxygens (including phenoxy) is 4. The lowest BCUT2D eigenvalue weighted by atomic mass is 10.1. The van der Waals surface area contributed by atoms with Gasteiger partial charge in [-0.25, -0.2) is 0 Å². The van der Waals surface area contributed by atoms with Crippen molar-refractivity contribution in [3.8, 4) is 0 Å². The quantitative estimate of drug-likeness (QED) is 0.274. The maximum absolute atomic E-state index is 5.50. The van der Waals surface area contributed by atoms with Gasteiger partial charge in [0, 0.05) is 20.3 Å². The van der Waals surface area contributed by atoms with Gasteiger partial charge in [-0.2, -0.15) is 0 Å².